The number of carbonyl (C=O) groups excluding carboxylic acids is 1. The molecule has 0 heterocycles. The fourth-order valence-electron chi connectivity index (χ4n) is 1.07. The van der Waals surface area contributed by atoms with Crippen molar-refractivity contribution in [1.82, 2.24) is 0 Å². The Labute approximate surface area is 80.7 Å². The zero-order chi connectivity index (χ0) is 9.90. The van der Waals surface area contributed by atoms with Crippen molar-refractivity contribution in [3.8, 4) is 0 Å². The first-order valence-corrected chi connectivity index (χ1v) is 5.09. The highest BCUT2D eigenvalue weighted by atomic mass is 16.5. The molecule has 76 valence electrons. The Hall–Kier alpha value is -0.370. The first kappa shape index (κ1) is 10.7. The quantitative estimate of drug-likeness (QED) is 0.613. The molecule has 1 saturated carbocycles. The lowest BCUT2D eigenvalue weighted by Gasteiger charge is -2.17. The van der Waals surface area contributed by atoms with Gasteiger partial charge in [0.1, 0.15) is 6.61 Å². The molecule has 1 fully saturated rings. The molecule has 13 heavy (non-hydrogen) atoms. The van der Waals surface area contributed by atoms with Crippen LogP contribution in [0.15, 0.2) is 0 Å². The summed E-state index contributed by atoms with van der Waals surface area (Å²) in [5, 5.41) is 0. The van der Waals surface area contributed by atoms with Crippen LogP contribution in [0.4, 0.5) is 0 Å². The van der Waals surface area contributed by atoms with Crippen LogP contribution in [0, 0.1) is 11.3 Å². The second-order valence-electron chi connectivity index (χ2n) is 5.10. The third-order valence-electron chi connectivity index (χ3n) is 2.27. The minimum atomic E-state index is 0.300. The van der Waals surface area contributed by atoms with Crippen molar-refractivity contribution in [2.24, 2.45) is 11.3 Å². The van der Waals surface area contributed by atoms with E-state index < -0.39 is 0 Å². The molecule has 0 saturated heterocycles. The van der Waals surface area contributed by atoms with Crippen LogP contribution in [-0.4, -0.2) is 19.0 Å². The van der Waals surface area contributed by atoms with Gasteiger partial charge in [-0.3, -0.25) is 4.79 Å². The SMILES string of the molecule is CC(C)(C)CCOCC(=O)C1CC1. The lowest BCUT2D eigenvalue weighted by molar-refractivity contribution is -0.125. The number of Topliss-reactive ketones (excluding diaryl/α,β-unsaturated/α-hetero) is 1. The Morgan fingerprint density at radius 1 is 1.38 bits per heavy atom. The van der Waals surface area contributed by atoms with Crippen LogP contribution in [0.3, 0.4) is 0 Å². The summed E-state index contributed by atoms with van der Waals surface area (Å²) in [6.45, 7) is 7.58. The standard InChI is InChI=1S/C11H20O2/c1-11(2,3)6-7-13-8-10(12)9-4-5-9/h9H,4-8H2,1-3H3. The number of hydrogen-bond acceptors (Lipinski definition) is 2. The highest BCUT2D eigenvalue weighted by Gasteiger charge is 2.29. The van der Waals surface area contributed by atoms with Gasteiger partial charge in [-0.25, -0.2) is 0 Å². The van der Waals surface area contributed by atoms with E-state index in [0.29, 0.717) is 30.3 Å². The molecule has 0 bridgehead atoms. The summed E-state index contributed by atoms with van der Waals surface area (Å²) in [5.74, 6) is 0.642. The van der Waals surface area contributed by atoms with E-state index in [1.165, 1.54) is 0 Å². The first-order valence-electron chi connectivity index (χ1n) is 5.09. The van der Waals surface area contributed by atoms with E-state index >= 15 is 0 Å². The van der Waals surface area contributed by atoms with Gasteiger partial charge in [-0.15, -0.1) is 0 Å². The molecule has 0 amide bonds. The van der Waals surface area contributed by atoms with Gasteiger partial charge in [0, 0.05) is 12.5 Å². The second-order valence-corrected chi connectivity index (χ2v) is 5.10. The summed E-state index contributed by atoms with van der Waals surface area (Å²) in [4.78, 5) is 11.2. The lowest BCUT2D eigenvalue weighted by atomic mass is 9.93. The van der Waals surface area contributed by atoms with Crippen LogP contribution >= 0.6 is 0 Å². The number of hydrogen-bond donors (Lipinski definition) is 0. The van der Waals surface area contributed by atoms with Crippen molar-refractivity contribution in [3.05, 3.63) is 0 Å². The van der Waals surface area contributed by atoms with E-state index in [-0.39, 0.29) is 0 Å². The van der Waals surface area contributed by atoms with Gasteiger partial charge in [0.25, 0.3) is 0 Å². The van der Waals surface area contributed by atoms with Crippen molar-refractivity contribution in [2.45, 2.75) is 40.0 Å². The summed E-state index contributed by atoms with van der Waals surface area (Å²) >= 11 is 0. The molecule has 0 atom stereocenters. The Morgan fingerprint density at radius 3 is 2.46 bits per heavy atom. The maximum Gasteiger partial charge on any atom is 0.161 e. The van der Waals surface area contributed by atoms with Crippen molar-refractivity contribution in [1.29, 1.82) is 0 Å². The molecule has 2 nitrogen and oxygen atoms in total. The van der Waals surface area contributed by atoms with Crippen molar-refractivity contribution in [2.75, 3.05) is 13.2 Å². The average Bonchev–Trinajstić information content (AvgIpc) is 2.77. The lowest BCUT2D eigenvalue weighted by Crippen LogP contribution is -2.14. The zero-order valence-corrected chi connectivity index (χ0v) is 8.93. The maximum absolute atomic E-state index is 11.2. The fraction of sp³-hybridized carbons (Fsp3) is 0.909. The van der Waals surface area contributed by atoms with Crippen LogP contribution in [0.1, 0.15) is 40.0 Å². The molecule has 1 rings (SSSR count). The topological polar surface area (TPSA) is 26.3 Å². The molecule has 0 aliphatic heterocycles. The highest BCUT2D eigenvalue weighted by molar-refractivity contribution is 5.84. The van der Waals surface area contributed by atoms with Crippen LogP contribution in [-0.2, 0) is 9.53 Å². The van der Waals surface area contributed by atoms with Gasteiger partial charge in [0.2, 0.25) is 0 Å². The molecule has 0 spiro atoms. The summed E-state index contributed by atoms with van der Waals surface area (Å²) in [6, 6.07) is 0. The largest absolute Gasteiger partial charge is 0.374 e. The molecule has 1 aliphatic carbocycles. The Bertz CT molecular complexity index is 175. The third-order valence-corrected chi connectivity index (χ3v) is 2.27. The number of carbonyl (C=O) groups is 1. The van der Waals surface area contributed by atoms with Crippen molar-refractivity contribution >= 4 is 5.78 Å². The normalized spacial score (nSPS) is 17.5. The molecule has 0 aromatic heterocycles. The highest BCUT2D eigenvalue weighted by Crippen LogP contribution is 2.29. The molecule has 0 aromatic rings. The summed E-state index contributed by atoms with van der Waals surface area (Å²) in [7, 11) is 0. The average molecular weight is 184 g/mol. The molecule has 1 aliphatic rings. The third kappa shape index (κ3) is 5.04. The number of ether oxygens (including phenoxy) is 1. The number of rotatable bonds is 5. The molecule has 0 radical (unpaired) electrons. The van der Waals surface area contributed by atoms with Gasteiger partial charge >= 0.3 is 0 Å². The van der Waals surface area contributed by atoms with E-state index in [0.717, 1.165) is 19.3 Å². The minimum absolute atomic E-state index is 0.300. The van der Waals surface area contributed by atoms with Gasteiger partial charge in [-0.2, -0.15) is 0 Å². The molecule has 0 aromatic carbocycles. The van der Waals surface area contributed by atoms with Gasteiger partial charge in [0.05, 0.1) is 0 Å². The number of ketones is 1. The van der Waals surface area contributed by atoms with Crippen LogP contribution < -0.4 is 0 Å². The predicted molar refractivity (Wildman–Crippen MR) is 52.6 cm³/mol. The Kier molecular flexibility index (Phi) is 3.48. The second kappa shape index (κ2) is 4.23. The molecule has 0 unspecified atom stereocenters. The predicted octanol–water partition coefficient (Wildman–Crippen LogP) is 2.42. The van der Waals surface area contributed by atoms with Crippen molar-refractivity contribution < 1.29 is 9.53 Å². The molecular formula is C11H20O2. The van der Waals surface area contributed by atoms with E-state index in [2.05, 4.69) is 20.8 Å². The Morgan fingerprint density at radius 2 is 2.00 bits per heavy atom. The smallest absolute Gasteiger partial charge is 0.161 e. The molecule has 0 N–H and O–H groups in total. The Balaban J connectivity index is 1.97. The van der Waals surface area contributed by atoms with Crippen LogP contribution in [0.5, 0.6) is 0 Å². The monoisotopic (exact) mass is 184 g/mol. The molecular weight excluding hydrogens is 164 g/mol. The minimum Gasteiger partial charge on any atom is -0.374 e. The van der Waals surface area contributed by atoms with Gasteiger partial charge in [0.15, 0.2) is 5.78 Å². The maximum atomic E-state index is 11.2. The van der Waals surface area contributed by atoms with Crippen LogP contribution in [0.2, 0.25) is 0 Å². The zero-order valence-electron chi connectivity index (χ0n) is 8.93. The van der Waals surface area contributed by atoms with Crippen molar-refractivity contribution in [3.63, 3.8) is 0 Å². The summed E-state index contributed by atoms with van der Waals surface area (Å²) < 4.78 is 5.32. The van der Waals surface area contributed by atoms with Crippen LogP contribution in [0.25, 0.3) is 0 Å². The van der Waals surface area contributed by atoms with E-state index in [4.69, 9.17) is 4.74 Å². The van der Waals surface area contributed by atoms with Gasteiger partial charge in [-0.05, 0) is 24.7 Å². The first-order chi connectivity index (χ1) is 5.99. The molecule has 2 heteroatoms. The fourth-order valence-corrected chi connectivity index (χ4v) is 1.07. The van der Waals surface area contributed by atoms with E-state index in [9.17, 15) is 4.79 Å². The summed E-state index contributed by atoms with van der Waals surface area (Å²) in [5.41, 5.74) is 0.308. The van der Waals surface area contributed by atoms with E-state index in [1.807, 2.05) is 0 Å². The van der Waals surface area contributed by atoms with E-state index in [1.54, 1.807) is 0 Å². The van der Waals surface area contributed by atoms with Gasteiger partial charge in [-0.1, -0.05) is 20.8 Å². The van der Waals surface area contributed by atoms with Gasteiger partial charge < -0.3 is 4.74 Å². The summed E-state index contributed by atoms with van der Waals surface area (Å²) in [6.07, 6.45) is 3.19.